The third-order valence-electron chi connectivity index (χ3n) is 2.93. The minimum atomic E-state index is -0.538. The van der Waals surface area contributed by atoms with Crippen LogP contribution in [0.15, 0.2) is 55.3 Å². The molecule has 0 bridgehead atoms. The van der Waals surface area contributed by atoms with Crippen molar-refractivity contribution in [3.63, 3.8) is 0 Å². The molecule has 114 valence electrons. The average molecular weight is 287 g/mol. The molecule has 0 aliphatic heterocycles. The van der Waals surface area contributed by atoms with E-state index >= 15 is 0 Å². The normalized spacial score (nSPS) is 12.4. The van der Waals surface area contributed by atoms with E-state index < -0.39 is 11.7 Å². The largest absolute Gasteiger partial charge is 0.443 e. The number of benzene rings is 1. The highest BCUT2D eigenvalue weighted by Gasteiger charge is 2.26. The Morgan fingerprint density at radius 2 is 1.90 bits per heavy atom. The maximum Gasteiger partial charge on any atom is 0.415 e. The maximum absolute atomic E-state index is 12.4. The minimum absolute atomic E-state index is 0.170. The van der Waals surface area contributed by atoms with Crippen LogP contribution in [0.1, 0.15) is 33.3 Å². The van der Waals surface area contributed by atoms with Crippen molar-refractivity contribution in [3.05, 3.63) is 60.8 Å². The first-order valence-corrected chi connectivity index (χ1v) is 7.11. The van der Waals surface area contributed by atoms with Crippen LogP contribution in [0.25, 0.3) is 0 Å². The number of allylic oxidation sites excluding steroid dienone is 1. The summed E-state index contributed by atoms with van der Waals surface area (Å²) in [6.45, 7) is 15.2. The summed E-state index contributed by atoms with van der Waals surface area (Å²) in [6, 6.07) is 9.75. The summed E-state index contributed by atoms with van der Waals surface area (Å²) >= 11 is 0. The van der Waals surface area contributed by atoms with Gasteiger partial charge in [-0.25, -0.2) is 4.79 Å². The fourth-order valence-electron chi connectivity index (χ4n) is 1.92. The summed E-state index contributed by atoms with van der Waals surface area (Å²) in [5, 5.41) is 0. The standard InChI is InChI=1S/C18H25NO2/c1-7-14(2)19(17(20)21-18(4,5)6)15(3)13-16-11-9-8-10-12-16/h7-12,14H,1,3,13H2,2,4-6H3. The number of carbonyl (C=O) groups is 1. The van der Waals surface area contributed by atoms with Gasteiger partial charge in [0.2, 0.25) is 0 Å². The van der Waals surface area contributed by atoms with Gasteiger partial charge in [0.25, 0.3) is 0 Å². The van der Waals surface area contributed by atoms with E-state index in [9.17, 15) is 4.79 Å². The number of nitrogens with zero attached hydrogens (tertiary/aromatic N) is 1. The van der Waals surface area contributed by atoms with Crippen molar-refractivity contribution >= 4 is 6.09 Å². The van der Waals surface area contributed by atoms with Gasteiger partial charge < -0.3 is 4.74 Å². The molecule has 0 saturated heterocycles. The number of hydrogen-bond acceptors (Lipinski definition) is 2. The Hall–Kier alpha value is -2.03. The summed E-state index contributed by atoms with van der Waals surface area (Å²) in [4.78, 5) is 13.9. The third kappa shape index (κ3) is 5.46. The van der Waals surface area contributed by atoms with Gasteiger partial charge in [0, 0.05) is 12.1 Å². The van der Waals surface area contributed by atoms with Crippen LogP contribution in [0.3, 0.4) is 0 Å². The number of hydrogen-bond donors (Lipinski definition) is 0. The molecule has 1 aromatic rings. The molecule has 1 aromatic carbocycles. The number of rotatable bonds is 5. The topological polar surface area (TPSA) is 29.5 Å². The predicted octanol–water partition coefficient (Wildman–Crippen LogP) is 4.55. The number of amides is 1. The van der Waals surface area contributed by atoms with Crippen molar-refractivity contribution in [2.45, 2.75) is 45.8 Å². The molecule has 1 rings (SSSR count). The van der Waals surface area contributed by atoms with Gasteiger partial charge in [-0.2, -0.15) is 0 Å². The molecule has 0 spiro atoms. The third-order valence-corrected chi connectivity index (χ3v) is 2.93. The molecular weight excluding hydrogens is 262 g/mol. The first-order chi connectivity index (χ1) is 9.74. The van der Waals surface area contributed by atoms with E-state index in [1.54, 1.807) is 11.0 Å². The van der Waals surface area contributed by atoms with E-state index in [1.165, 1.54) is 0 Å². The monoisotopic (exact) mass is 287 g/mol. The van der Waals surface area contributed by atoms with Gasteiger partial charge in [0.15, 0.2) is 0 Å². The summed E-state index contributed by atoms with van der Waals surface area (Å²) in [5.41, 5.74) is 1.26. The van der Waals surface area contributed by atoms with Crippen LogP contribution in [0.4, 0.5) is 4.79 Å². The molecular formula is C18H25NO2. The van der Waals surface area contributed by atoms with E-state index in [4.69, 9.17) is 4.74 Å². The lowest BCUT2D eigenvalue weighted by molar-refractivity contribution is 0.0280. The van der Waals surface area contributed by atoms with Crippen LogP contribution in [-0.4, -0.2) is 22.6 Å². The summed E-state index contributed by atoms with van der Waals surface area (Å²) in [7, 11) is 0. The average Bonchev–Trinajstić information content (AvgIpc) is 2.37. The van der Waals surface area contributed by atoms with Crippen molar-refractivity contribution in [2.75, 3.05) is 0 Å². The van der Waals surface area contributed by atoms with Crippen LogP contribution in [0, 0.1) is 0 Å². The number of carbonyl (C=O) groups excluding carboxylic acids is 1. The SMILES string of the molecule is C=CC(C)N(C(=C)Cc1ccccc1)C(=O)OC(C)(C)C. The van der Waals surface area contributed by atoms with Crippen molar-refractivity contribution in [2.24, 2.45) is 0 Å². The Morgan fingerprint density at radius 3 is 2.38 bits per heavy atom. The van der Waals surface area contributed by atoms with E-state index in [-0.39, 0.29) is 6.04 Å². The lowest BCUT2D eigenvalue weighted by Crippen LogP contribution is -2.41. The molecule has 0 aliphatic carbocycles. The van der Waals surface area contributed by atoms with Gasteiger partial charge in [-0.15, -0.1) is 6.58 Å². The summed E-state index contributed by atoms with van der Waals surface area (Å²) in [6.07, 6.45) is 1.91. The van der Waals surface area contributed by atoms with Crippen molar-refractivity contribution in [1.82, 2.24) is 4.90 Å². The Balaban J connectivity index is 2.89. The van der Waals surface area contributed by atoms with Crippen LogP contribution in [-0.2, 0) is 11.2 Å². The van der Waals surface area contributed by atoms with Crippen LogP contribution >= 0.6 is 0 Å². The lowest BCUT2D eigenvalue weighted by Gasteiger charge is -2.31. The number of ether oxygens (including phenoxy) is 1. The van der Waals surface area contributed by atoms with Crippen molar-refractivity contribution in [3.8, 4) is 0 Å². The Bertz CT molecular complexity index is 500. The van der Waals surface area contributed by atoms with Crippen molar-refractivity contribution in [1.29, 1.82) is 0 Å². The van der Waals surface area contributed by atoms with Crippen LogP contribution < -0.4 is 0 Å². The maximum atomic E-state index is 12.4. The van der Waals surface area contributed by atoms with E-state index in [0.29, 0.717) is 12.1 Å². The minimum Gasteiger partial charge on any atom is -0.443 e. The zero-order valence-electron chi connectivity index (χ0n) is 13.4. The molecule has 21 heavy (non-hydrogen) atoms. The second kappa shape index (κ2) is 7.11. The Kier molecular flexibility index (Phi) is 5.77. The Morgan fingerprint density at radius 1 is 1.33 bits per heavy atom. The van der Waals surface area contributed by atoms with Gasteiger partial charge >= 0.3 is 6.09 Å². The molecule has 3 nitrogen and oxygen atoms in total. The molecule has 0 aliphatic rings. The van der Waals surface area contributed by atoms with Gasteiger partial charge in [-0.3, -0.25) is 4.90 Å². The highest BCUT2D eigenvalue weighted by molar-refractivity contribution is 5.71. The quantitative estimate of drug-likeness (QED) is 0.743. The van der Waals surface area contributed by atoms with Crippen LogP contribution in [0.2, 0.25) is 0 Å². The van der Waals surface area contributed by atoms with Gasteiger partial charge in [0.1, 0.15) is 5.60 Å². The predicted molar refractivity (Wildman–Crippen MR) is 87.0 cm³/mol. The molecule has 0 aromatic heterocycles. The summed E-state index contributed by atoms with van der Waals surface area (Å²) < 4.78 is 5.46. The second-order valence-electron chi connectivity index (χ2n) is 6.06. The first kappa shape index (κ1) is 17.0. The molecule has 0 radical (unpaired) electrons. The zero-order valence-corrected chi connectivity index (χ0v) is 13.4. The molecule has 1 unspecified atom stereocenters. The lowest BCUT2D eigenvalue weighted by atomic mass is 10.1. The highest BCUT2D eigenvalue weighted by atomic mass is 16.6. The van der Waals surface area contributed by atoms with E-state index in [0.717, 1.165) is 5.56 Å². The highest BCUT2D eigenvalue weighted by Crippen LogP contribution is 2.19. The zero-order chi connectivity index (χ0) is 16.0. The fourth-order valence-corrected chi connectivity index (χ4v) is 1.92. The Labute approximate surface area is 127 Å². The molecule has 3 heteroatoms. The molecule has 1 amide bonds. The first-order valence-electron chi connectivity index (χ1n) is 7.11. The second-order valence-corrected chi connectivity index (χ2v) is 6.06. The molecule has 1 atom stereocenters. The van der Waals surface area contributed by atoms with E-state index in [2.05, 4.69) is 13.2 Å². The fraction of sp³-hybridized carbons (Fsp3) is 0.389. The molecule has 0 N–H and O–H groups in total. The van der Waals surface area contributed by atoms with Gasteiger partial charge in [-0.05, 0) is 33.3 Å². The molecule has 0 fully saturated rings. The summed E-state index contributed by atoms with van der Waals surface area (Å²) in [5.74, 6) is 0. The van der Waals surface area contributed by atoms with Crippen LogP contribution in [0.5, 0.6) is 0 Å². The van der Waals surface area contributed by atoms with Crippen molar-refractivity contribution < 1.29 is 9.53 Å². The molecule has 0 heterocycles. The van der Waals surface area contributed by atoms with Gasteiger partial charge in [0.05, 0.1) is 6.04 Å². The smallest absolute Gasteiger partial charge is 0.415 e. The molecule has 0 saturated carbocycles. The van der Waals surface area contributed by atoms with E-state index in [1.807, 2.05) is 58.0 Å². The van der Waals surface area contributed by atoms with Gasteiger partial charge in [-0.1, -0.05) is 43.0 Å².